The minimum atomic E-state index is -1.79. The van der Waals surface area contributed by atoms with Gasteiger partial charge < -0.3 is 19.7 Å². The molecule has 2 fully saturated rings. The Balaban J connectivity index is 2.02. The van der Waals surface area contributed by atoms with Crippen LogP contribution in [0.25, 0.3) is 0 Å². The maximum atomic E-state index is 14.1. The topological polar surface area (TPSA) is 127 Å². The van der Waals surface area contributed by atoms with Gasteiger partial charge in [0.05, 0.1) is 17.9 Å². The van der Waals surface area contributed by atoms with Crippen LogP contribution < -0.4 is 0 Å². The van der Waals surface area contributed by atoms with Gasteiger partial charge >= 0.3 is 17.9 Å². The summed E-state index contributed by atoms with van der Waals surface area (Å²) in [5.74, 6) is -3.85. The second-order valence-electron chi connectivity index (χ2n) is 12.3. The summed E-state index contributed by atoms with van der Waals surface area (Å²) >= 11 is 0. The molecule has 4 rings (SSSR count). The summed E-state index contributed by atoms with van der Waals surface area (Å²) in [6.07, 6.45) is 2.83. The van der Waals surface area contributed by atoms with E-state index in [9.17, 15) is 29.4 Å². The highest BCUT2D eigenvalue weighted by Gasteiger charge is 2.81. The third-order valence-electron chi connectivity index (χ3n) is 10.9. The van der Waals surface area contributed by atoms with Crippen LogP contribution >= 0.6 is 0 Å². The Morgan fingerprint density at radius 3 is 2.19 bits per heavy atom. The van der Waals surface area contributed by atoms with Crippen LogP contribution in [0.3, 0.4) is 0 Å². The number of methoxy groups -OCH3 is 1. The highest BCUT2D eigenvalue weighted by molar-refractivity contribution is 6.17. The Morgan fingerprint density at radius 2 is 1.67 bits per heavy atom. The smallest absolute Gasteiger partial charge is 0.321 e. The predicted octanol–water partition coefficient (Wildman–Crippen LogP) is 4.38. The molecule has 198 valence electrons. The fraction of sp³-hybridized carbons (Fsp3) is 0.714. The predicted molar refractivity (Wildman–Crippen MR) is 130 cm³/mol. The molecule has 2 saturated carbocycles. The van der Waals surface area contributed by atoms with E-state index in [0.29, 0.717) is 24.8 Å². The molecule has 0 heterocycles. The number of hydrogen-bond donors (Lipinski definition) is 2. The van der Waals surface area contributed by atoms with Crippen molar-refractivity contribution < 1.29 is 38.9 Å². The molecule has 2 N–H and O–H groups in total. The van der Waals surface area contributed by atoms with Crippen LogP contribution in [0.5, 0.6) is 0 Å². The van der Waals surface area contributed by atoms with Gasteiger partial charge in [0, 0.05) is 23.8 Å². The molecule has 0 aromatic rings. The van der Waals surface area contributed by atoms with E-state index in [1.54, 1.807) is 13.8 Å². The van der Waals surface area contributed by atoms with E-state index in [0.717, 1.165) is 0 Å². The minimum Gasteiger partial charge on any atom is -0.511 e. The quantitative estimate of drug-likeness (QED) is 0.331. The van der Waals surface area contributed by atoms with E-state index >= 15 is 0 Å². The number of ether oxygens (including phenoxy) is 2. The first-order valence-electron chi connectivity index (χ1n) is 12.7. The molecule has 0 aromatic carbocycles. The monoisotopic (exact) mass is 502 g/mol. The summed E-state index contributed by atoms with van der Waals surface area (Å²) in [4.78, 5) is 53.1. The molecule has 0 bridgehead atoms. The number of carboxylic acid groups (broad SMARTS) is 1. The van der Waals surface area contributed by atoms with Crippen molar-refractivity contribution in [2.75, 3.05) is 7.11 Å². The molecule has 4 aliphatic rings. The van der Waals surface area contributed by atoms with Gasteiger partial charge in [-0.15, -0.1) is 0 Å². The number of rotatable bonds is 3. The molecule has 8 heteroatoms. The van der Waals surface area contributed by atoms with Gasteiger partial charge in [0.2, 0.25) is 0 Å². The van der Waals surface area contributed by atoms with Gasteiger partial charge in [-0.2, -0.15) is 0 Å². The second kappa shape index (κ2) is 7.68. The van der Waals surface area contributed by atoms with E-state index in [4.69, 9.17) is 9.47 Å². The van der Waals surface area contributed by atoms with Crippen molar-refractivity contribution >= 4 is 23.7 Å². The van der Waals surface area contributed by atoms with Crippen LogP contribution in [0, 0.1) is 38.9 Å². The number of ketones is 1. The van der Waals surface area contributed by atoms with Crippen LogP contribution in [0.2, 0.25) is 0 Å². The molecular formula is C28H38O8. The molecule has 0 unspecified atom stereocenters. The number of aliphatic carboxylic acids is 1. The third-order valence-corrected chi connectivity index (χ3v) is 10.9. The lowest BCUT2D eigenvalue weighted by Gasteiger charge is -2.68. The lowest BCUT2D eigenvalue weighted by atomic mass is 9.33. The van der Waals surface area contributed by atoms with Crippen molar-refractivity contribution in [1.82, 2.24) is 0 Å². The van der Waals surface area contributed by atoms with Crippen molar-refractivity contribution in [3.05, 3.63) is 23.0 Å². The van der Waals surface area contributed by atoms with E-state index in [2.05, 4.69) is 0 Å². The fourth-order valence-corrected chi connectivity index (χ4v) is 9.11. The molecular weight excluding hydrogens is 464 g/mol. The number of aliphatic hydroxyl groups is 1. The summed E-state index contributed by atoms with van der Waals surface area (Å²) in [5, 5.41) is 22.2. The SMILES string of the molecule is COC(=O)[C@@]12C(=O)C(C)=C(O)[C@]1(C)C(C)=C[C@H]1[C@]3(C(=O)O)CC[C@H](OC(C)=O)C(C)(C)[C@H]3CC[C@@]12C. The minimum absolute atomic E-state index is 0.114. The van der Waals surface area contributed by atoms with Gasteiger partial charge in [-0.05, 0) is 57.8 Å². The average Bonchev–Trinajstić information content (AvgIpc) is 2.95. The first-order valence-corrected chi connectivity index (χ1v) is 12.7. The highest BCUT2D eigenvalue weighted by atomic mass is 16.5. The van der Waals surface area contributed by atoms with Crippen LogP contribution in [0.15, 0.2) is 23.0 Å². The van der Waals surface area contributed by atoms with Crippen LogP contribution in [-0.2, 0) is 28.7 Å². The molecule has 0 spiro atoms. The van der Waals surface area contributed by atoms with Gasteiger partial charge in [-0.1, -0.05) is 32.4 Å². The number of carboxylic acids is 1. The Hall–Kier alpha value is -2.64. The molecule has 0 aliphatic heterocycles. The normalized spacial score (nSPS) is 43.1. The van der Waals surface area contributed by atoms with Gasteiger partial charge in [-0.25, -0.2) is 0 Å². The third kappa shape index (κ3) is 2.60. The van der Waals surface area contributed by atoms with Crippen LogP contribution in [-0.4, -0.2) is 47.1 Å². The zero-order valence-electron chi connectivity index (χ0n) is 22.5. The summed E-state index contributed by atoms with van der Waals surface area (Å²) in [6.45, 7) is 12.0. The number of aliphatic hydroxyl groups excluding tert-OH is 1. The van der Waals surface area contributed by atoms with E-state index < -0.39 is 62.8 Å². The number of fused-ring (bicyclic) bond motifs is 5. The van der Waals surface area contributed by atoms with Gasteiger partial charge in [0.25, 0.3) is 0 Å². The van der Waals surface area contributed by atoms with Crippen LogP contribution in [0.1, 0.15) is 74.1 Å². The maximum Gasteiger partial charge on any atom is 0.321 e. The number of esters is 2. The molecule has 0 aromatic heterocycles. The zero-order chi connectivity index (χ0) is 27.2. The van der Waals surface area contributed by atoms with Gasteiger partial charge in [-0.3, -0.25) is 19.2 Å². The molecule has 36 heavy (non-hydrogen) atoms. The summed E-state index contributed by atoms with van der Waals surface area (Å²) in [7, 11) is 1.23. The van der Waals surface area contributed by atoms with Crippen molar-refractivity contribution in [3.8, 4) is 0 Å². The Labute approximate surface area is 212 Å². The molecule has 0 radical (unpaired) electrons. The van der Waals surface area contributed by atoms with E-state index in [1.807, 2.05) is 26.8 Å². The summed E-state index contributed by atoms with van der Waals surface area (Å²) in [5.41, 5.74) is -5.54. The molecule has 8 nitrogen and oxygen atoms in total. The largest absolute Gasteiger partial charge is 0.511 e. The van der Waals surface area contributed by atoms with Crippen molar-refractivity contribution in [3.63, 3.8) is 0 Å². The van der Waals surface area contributed by atoms with Crippen molar-refractivity contribution in [2.24, 2.45) is 38.9 Å². The average molecular weight is 503 g/mol. The Kier molecular flexibility index (Phi) is 5.64. The van der Waals surface area contributed by atoms with Crippen LogP contribution in [0.4, 0.5) is 0 Å². The van der Waals surface area contributed by atoms with Gasteiger partial charge in [0.1, 0.15) is 11.9 Å². The van der Waals surface area contributed by atoms with Crippen molar-refractivity contribution in [2.45, 2.75) is 80.3 Å². The molecule has 4 aliphatic carbocycles. The zero-order valence-corrected chi connectivity index (χ0v) is 22.5. The molecule has 0 saturated heterocycles. The number of allylic oxidation sites excluding steroid dienone is 3. The maximum absolute atomic E-state index is 14.1. The summed E-state index contributed by atoms with van der Waals surface area (Å²) < 4.78 is 10.9. The lowest BCUT2D eigenvalue weighted by molar-refractivity contribution is -0.229. The van der Waals surface area contributed by atoms with E-state index in [-0.39, 0.29) is 23.7 Å². The van der Waals surface area contributed by atoms with E-state index in [1.165, 1.54) is 21.0 Å². The summed E-state index contributed by atoms with van der Waals surface area (Å²) in [6, 6.07) is 0. The first-order chi connectivity index (χ1) is 16.5. The lowest BCUT2D eigenvalue weighted by Crippen LogP contribution is -2.71. The Bertz CT molecular complexity index is 1130. The fourth-order valence-electron chi connectivity index (χ4n) is 9.11. The number of hydrogen-bond acceptors (Lipinski definition) is 7. The van der Waals surface area contributed by atoms with Crippen molar-refractivity contribution in [1.29, 1.82) is 0 Å². The Morgan fingerprint density at radius 1 is 1.06 bits per heavy atom. The number of Topliss-reactive ketones (excluding diaryl/α,β-unsaturated/α-hetero) is 1. The first kappa shape index (κ1) is 26.4. The second-order valence-corrected chi connectivity index (χ2v) is 12.3. The standard InChI is InChI=1S/C28H38O8/c1-14-13-18-25(6,28(23(34)35-8)21(31)15(2)20(30)26(14,28)7)11-9-17-24(4,5)19(36-16(3)29)10-12-27(17,18)22(32)33/h13,17-19,30H,9-12H2,1-8H3,(H,32,33)/t17-,18-,19+,25+,26+,27+,28-/m1/s1. The highest BCUT2D eigenvalue weighted by Crippen LogP contribution is 2.77. The molecule has 0 amide bonds. The number of carbonyl (C=O) groups excluding carboxylic acids is 3. The molecule has 7 atom stereocenters. The number of carbonyl (C=O) groups is 4. The van der Waals surface area contributed by atoms with Gasteiger partial charge in [0.15, 0.2) is 11.2 Å².